The van der Waals surface area contributed by atoms with Crippen LogP contribution in [0.3, 0.4) is 0 Å². The van der Waals surface area contributed by atoms with E-state index in [2.05, 4.69) is 32.1 Å². The summed E-state index contributed by atoms with van der Waals surface area (Å²) in [6.07, 6.45) is 14.2. The summed E-state index contributed by atoms with van der Waals surface area (Å²) in [6.45, 7) is 8.35. The Balaban J connectivity index is 2.41. The smallest absolute Gasteiger partial charge is 0.359 e. The summed E-state index contributed by atoms with van der Waals surface area (Å²) >= 11 is 0. The highest BCUT2D eigenvalue weighted by Crippen LogP contribution is 2.47. The van der Waals surface area contributed by atoms with E-state index in [9.17, 15) is 4.79 Å². The minimum Gasteiger partial charge on any atom is -0.400 e. The third-order valence-corrected chi connectivity index (χ3v) is 5.06. The summed E-state index contributed by atoms with van der Waals surface area (Å²) < 4.78 is 16.7. The largest absolute Gasteiger partial charge is 0.400 e. The molecule has 27 heavy (non-hydrogen) atoms. The first-order valence-corrected chi connectivity index (χ1v) is 9.13. The SMILES string of the molecule is C/C=C/C1=CC=C2C(=O)OC(OC)(OC)C2=C2C(C)=CC=C(C(C)C)C=C12. The average molecular weight is 366 g/mol. The van der Waals surface area contributed by atoms with Crippen LogP contribution in [0.1, 0.15) is 27.7 Å². The van der Waals surface area contributed by atoms with Gasteiger partial charge in [0.05, 0.1) is 11.1 Å². The van der Waals surface area contributed by atoms with Gasteiger partial charge in [0.2, 0.25) is 0 Å². The molecule has 3 aliphatic rings. The molecular formula is C23H26O4. The van der Waals surface area contributed by atoms with Crippen molar-refractivity contribution in [1.82, 2.24) is 0 Å². The van der Waals surface area contributed by atoms with Crippen molar-refractivity contribution in [3.05, 3.63) is 81.5 Å². The van der Waals surface area contributed by atoms with Gasteiger partial charge in [0.15, 0.2) is 0 Å². The van der Waals surface area contributed by atoms with Gasteiger partial charge in [-0.25, -0.2) is 4.79 Å². The zero-order valence-electron chi connectivity index (χ0n) is 16.8. The molecule has 0 saturated carbocycles. The van der Waals surface area contributed by atoms with Crippen LogP contribution >= 0.6 is 0 Å². The minimum atomic E-state index is -1.55. The Morgan fingerprint density at radius 3 is 2.37 bits per heavy atom. The molecule has 1 heterocycles. The molecular weight excluding hydrogens is 340 g/mol. The van der Waals surface area contributed by atoms with Crippen LogP contribution in [0.25, 0.3) is 0 Å². The number of carbonyl (C=O) groups is 1. The van der Waals surface area contributed by atoms with Crippen LogP contribution in [-0.4, -0.2) is 26.2 Å². The normalized spacial score (nSPS) is 21.6. The summed E-state index contributed by atoms with van der Waals surface area (Å²) in [7, 11) is 2.96. The number of esters is 1. The highest BCUT2D eigenvalue weighted by atomic mass is 16.9. The predicted octanol–water partition coefficient (Wildman–Crippen LogP) is 4.70. The van der Waals surface area contributed by atoms with Gasteiger partial charge in [0.1, 0.15) is 0 Å². The Morgan fingerprint density at radius 2 is 1.78 bits per heavy atom. The first-order valence-electron chi connectivity index (χ1n) is 9.13. The van der Waals surface area contributed by atoms with Gasteiger partial charge in [-0.2, -0.15) is 0 Å². The van der Waals surface area contributed by atoms with Crippen molar-refractivity contribution in [2.24, 2.45) is 5.92 Å². The molecule has 0 bridgehead atoms. The molecule has 1 aliphatic heterocycles. The van der Waals surface area contributed by atoms with Gasteiger partial charge in [0.25, 0.3) is 0 Å². The lowest BCUT2D eigenvalue weighted by Gasteiger charge is -2.27. The number of ether oxygens (including phenoxy) is 3. The van der Waals surface area contributed by atoms with Gasteiger partial charge in [-0.15, -0.1) is 0 Å². The third-order valence-electron chi connectivity index (χ3n) is 5.06. The van der Waals surface area contributed by atoms with Crippen molar-refractivity contribution in [3.63, 3.8) is 0 Å². The van der Waals surface area contributed by atoms with Crippen LogP contribution in [0.5, 0.6) is 0 Å². The molecule has 0 aromatic rings. The summed E-state index contributed by atoms with van der Waals surface area (Å²) in [4.78, 5) is 12.6. The first-order chi connectivity index (χ1) is 12.9. The van der Waals surface area contributed by atoms with Crippen molar-refractivity contribution in [2.75, 3.05) is 14.2 Å². The van der Waals surface area contributed by atoms with Gasteiger partial charge in [-0.1, -0.05) is 50.3 Å². The molecule has 0 N–H and O–H groups in total. The van der Waals surface area contributed by atoms with Gasteiger partial charge in [0, 0.05) is 14.2 Å². The fourth-order valence-corrected chi connectivity index (χ4v) is 3.62. The summed E-state index contributed by atoms with van der Waals surface area (Å²) in [5.74, 6) is -1.63. The van der Waals surface area contributed by atoms with E-state index in [-0.39, 0.29) is 0 Å². The van der Waals surface area contributed by atoms with Crippen molar-refractivity contribution in [3.8, 4) is 0 Å². The Morgan fingerprint density at radius 1 is 1.07 bits per heavy atom. The number of allylic oxidation sites excluding steroid dienone is 12. The number of fused-ring (bicyclic) bond motifs is 2. The van der Waals surface area contributed by atoms with Crippen LogP contribution in [0.2, 0.25) is 0 Å². The zero-order chi connectivity index (χ0) is 19.8. The van der Waals surface area contributed by atoms with E-state index in [1.54, 1.807) is 6.08 Å². The molecule has 3 rings (SSSR count). The maximum atomic E-state index is 12.6. The van der Waals surface area contributed by atoms with Gasteiger partial charge in [-0.05, 0) is 53.7 Å². The van der Waals surface area contributed by atoms with E-state index < -0.39 is 11.9 Å². The number of methoxy groups -OCH3 is 2. The maximum absolute atomic E-state index is 12.6. The van der Waals surface area contributed by atoms with Crippen LogP contribution in [-0.2, 0) is 19.0 Å². The lowest BCUT2D eigenvalue weighted by atomic mass is 9.86. The van der Waals surface area contributed by atoms with Gasteiger partial charge >= 0.3 is 11.9 Å². The third kappa shape index (κ3) is 3.09. The van der Waals surface area contributed by atoms with Crippen molar-refractivity contribution >= 4 is 5.97 Å². The molecule has 0 aromatic carbocycles. The number of cyclic esters (lactones) is 1. The standard InChI is InChI=1S/C23H26O4/c1-7-8-16-11-12-18-21(23(25-5,26-6)27-22(18)24)20-15(4)9-10-17(14(2)3)13-19(16)20/h7-14H,1-6H3/b8-7+. The molecule has 0 amide bonds. The Bertz CT molecular complexity index is 881. The lowest BCUT2D eigenvalue weighted by Crippen LogP contribution is -2.36. The number of rotatable bonds is 4. The molecule has 2 aliphatic carbocycles. The second-order valence-electron chi connectivity index (χ2n) is 7.04. The molecule has 0 aromatic heterocycles. The summed E-state index contributed by atoms with van der Waals surface area (Å²) in [5, 5.41) is 0. The molecule has 1 saturated heterocycles. The first kappa shape index (κ1) is 19.3. The quantitative estimate of drug-likeness (QED) is 0.534. The maximum Gasteiger partial charge on any atom is 0.359 e. The van der Waals surface area contributed by atoms with Gasteiger partial charge in [-0.3, -0.25) is 0 Å². The van der Waals surface area contributed by atoms with Gasteiger partial charge < -0.3 is 14.2 Å². The Hall–Kier alpha value is -2.43. The molecule has 142 valence electrons. The predicted molar refractivity (Wildman–Crippen MR) is 106 cm³/mol. The molecule has 0 radical (unpaired) electrons. The van der Waals surface area contributed by atoms with Crippen LogP contribution in [0.4, 0.5) is 0 Å². The zero-order valence-corrected chi connectivity index (χ0v) is 16.8. The van der Waals surface area contributed by atoms with Crippen LogP contribution in [0.15, 0.2) is 81.5 Å². The topological polar surface area (TPSA) is 44.8 Å². The Labute approximate surface area is 160 Å². The number of hydrogen-bond acceptors (Lipinski definition) is 4. The number of carbonyl (C=O) groups excluding carboxylic acids is 1. The van der Waals surface area contributed by atoms with E-state index in [1.807, 2.05) is 32.1 Å². The fourth-order valence-electron chi connectivity index (χ4n) is 3.62. The summed E-state index contributed by atoms with van der Waals surface area (Å²) in [6, 6.07) is 0. The van der Waals surface area contributed by atoms with E-state index in [0.29, 0.717) is 17.1 Å². The lowest BCUT2D eigenvalue weighted by molar-refractivity contribution is -0.307. The highest BCUT2D eigenvalue weighted by Gasteiger charge is 2.52. The molecule has 4 nitrogen and oxygen atoms in total. The van der Waals surface area contributed by atoms with E-state index in [1.165, 1.54) is 19.8 Å². The average Bonchev–Trinajstić information content (AvgIpc) is 2.76. The van der Waals surface area contributed by atoms with Crippen molar-refractivity contribution in [2.45, 2.75) is 33.7 Å². The fraction of sp³-hybridized carbons (Fsp3) is 0.348. The minimum absolute atomic E-state index is 0.365. The molecule has 4 heteroatoms. The Kier molecular flexibility index (Phi) is 5.22. The number of hydrogen-bond donors (Lipinski definition) is 0. The van der Waals surface area contributed by atoms with Crippen molar-refractivity contribution < 1.29 is 19.0 Å². The molecule has 0 atom stereocenters. The molecule has 0 spiro atoms. The monoisotopic (exact) mass is 366 g/mol. The summed E-state index contributed by atoms with van der Waals surface area (Å²) in [5.41, 5.74) is 6.27. The second-order valence-corrected chi connectivity index (χ2v) is 7.04. The molecule has 0 unspecified atom stereocenters. The van der Waals surface area contributed by atoms with E-state index >= 15 is 0 Å². The molecule has 1 fully saturated rings. The van der Waals surface area contributed by atoms with Crippen LogP contribution in [0, 0.1) is 5.92 Å². The van der Waals surface area contributed by atoms with E-state index in [0.717, 1.165) is 22.3 Å². The second kappa shape index (κ2) is 7.29. The highest BCUT2D eigenvalue weighted by molar-refractivity contribution is 5.99. The van der Waals surface area contributed by atoms with Crippen LogP contribution < -0.4 is 0 Å². The van der Waals surface area contributed by atoms with E-state index in [4.69, 9.17) is 14.2 Å². The van der Waals surface area contributed by atoms with Crippen molar-refractivity contribution in [1.29, 1.82) is 0 Å².